The minimum Gasteiger partial charge on any atom is -0.383 e. The van der Waals surface area contributed by atoms with E-state index in [2.05, 4.69) is 20.4 Å². The second kappa shape index (κ2) is 6.49. The first-order valence-corrected chi connectivity index (χ1v) is 8.68. The molecule has 4 rings (SSSR count). The minimum absolute atomic E-state index is 0.0306. The van der Waals surface area contributed by atoms with E-state index in [4.69, 9.17) is 5.73 Å². The maximum absolute atomic E-state index is 13.6. The highest BCUT2D eigenvalue weighted by atomic mass is 19.1. The highest BCUT2D eigenvalue weighted by Crippen LogP contribution is 2.27. The largest absolute Gasteiger partial charge is 0.383 e. The van der Waals surface area contributed by atoms with Crippen LogP contribution in [-0.2, 0) is 17.8 Å². The van der Waals surface area contributed by atoms with E-state index >= 15 is 0 Å². The summed E-state index contributed by atoms with van der Waals surface area (Å²) in [6.07, 6.45) is 1.13. The summed E-state index contributed by atoms with van der Waals surface area (Å²) in [6.45, 7) is 2.30. The Morgan fingerprint density at radius 3 is 2.89 bits per heavy atom. The lowest BCUT2D eigenvalue weighted by atomic mass is 10.1. The van der Waals surface area contributed by atoms with Gasteiger partial charge in [0, 0.05) is 43.4 Å². The molecule has 0 aromatic carbocycles. The molecule has 0 fully saturated rings. The second-order valence-corrected chi connectivity index (χ2v) is 6.71. The van der Waals surface area contributed by atoms with Crippen LogP contribution < -0.4 is 11.1 Å². The van der Waals surface area contributed by atoms with Crippen LogP contribution in [0.1, 0.15) is 24.5 Å². The monoisotopic (exact) mass is 369 g/mol. The number of likely N-dealkylation sites (N-methyl/N-ethyl adjacent to an activating group) is 1. The molecule has 3 N–H and O–H groups in total. The number of carbonyl (C=O) groups is 1. The van der Waals surface area contributed by atoms with Crippen LogP contribution in [0.3, 0.4) is 0 Å². The van der Waals surface area contributed by atoms with Gasteiger partial charge in [0.05, 0.1) is 5.69 Å². The number of anilines is 3. The van der Waals surface area contributed by atoms with Crippen LogP contribution >= 0.6 is 0 Å². The van der Waals surface area contributed by atoms with E-state index in [0.29, 0.717) is 23.6 Å². The summed E-state index contributed by atoms with van der Waals surface area (Å²) in [4.78, 5) is 22.1. The molecule has 3 aromatic heterocycles. The number of alkyl halides is 1. The molecule has 8 nitrogen and oxygen atoms in total. The van der Waals surface area contributed by atoms with E-state index in [9.17, 15) is 9.18 Å². The molecule has 3 aromatic rings. The zero-order valence-electron chi connectivity index (χ0n) is 15.1. The fourth-order valence-corrected chi connectivity index (χ4v) is 3.11. The fraction of sp³-hybridized carbons (Fsp3) is 0.333. The Labute approximate surface area is 155 Å². The highest BCUT2D eigenvalue weighted by molar-refractivity contribution is 5.92. The number of hydrogen-bond donors (Lipinski definition) is 2. The predicted molar refractivity (Wildman–Crippen MR) is 100 cm³/mol. The third-order valence-corrected chi connectivity index (χ3v) is 4.71. The van der Waals surface area contributed by atoms with Crippen molar-refractivity contribution in [2.45, 2.75) is 26.1 Å². The number of aromatic nitrogens is 4. The molecule has 27 heavy (non-hydrogen) atoms. The summed E-state index contributed by atoms with van der Waals surface area (Å²) in [5.74, 6) is 1.45. The average Bonchev–Trinajstić information content (AvgIpc) is 2.94. The topological polar surface area (TPSA) is 102 Å². The summed E-state index contributed by atoms with van der Waals surface area (Å²) >= 11 is 0. The van der Waals surface area contributed by atoms with Crippen molar-refractivity contribution in [1.29, 1.82) is 0 Å². The van der Waals surface area contributed by atoms with Gasteiger partial charge in [0.15, 0.2) is 5.82 Å². The molecule has 140 valence electrons. The minimum atomic E-state index is -1.21. The van der Waals surface area contributed by atoms with E-state index in [1.807, 2.05) is 6.07 Å². The third-order valence-electron chi connectivity index (χ3n) is 4.71. The number of nitrogens with zero attached hydrogens (tertiary/aromatic N) is 5. The van der Waals surface area contributed by atoms with Gasteiger partial charge >= 0.3 is 0 Å². The van der Waals surface area contributed by atoms with Gasteiger partial charge < -0.3 is 16.0 Å². The van der Waals surface area contributed by atoms with Crippen LogP contribution in [0.5, 0.6) is 0 Å². The molecule has 0 saturated carbocycles. The lowest BCUT2D eigenvalue weighted by molar-refractivity contribution is -0.130. The van der Waals surface area contributed by atoms with Crippen molar-refractivity contribution in [3.63, 3.8) is 0 Å². The van der Waals surface area contributed by atoms with Gasteiger partial charge in [0.25, 0.3) is 0 Å². The molecule has 0 radical (unpaired) electrons. The van der Waals surface area contributed by atoms with E-state index < -0.39 is 6.17 Å². The van der Waals surface area contributed by atoms with E-state index in [1.165, 1.54) is 6.92 Å². The van der Waals surface area contributed by atoms with Crippen LogP contribution in [0.2, 0.25) is 0 Å². The smallest absolute Gasteiger partial charge is 0.244 e. The Kier molecular flexibility index (Phi) is 4.14. The molecule has 9 heteroatoms. The molecule has 1 atom stereocenters. The molecular formula is C18H20FN7O. The molecule has 0 bridgehead atoms. The number of rotatable bonds is 3. The van der Waals surface area contributed by atoms with Crippen molar-refractivity contribution in [3.05, 3.63) is 35.8 Å². The van der Waals surface area contributed by atoms with Gasteiger partial charge in [-0.25, -0.2) is 14.4 Å². The third kappa shape index (κ3) is 3.27. The van der Waals surface area contributed by atoms with Crippen LogP contribution in [0.4, 0.5) is 21.8 Å². The van der Waals surface area contributed by atoms with Gasteiger partial charge in [-0.1, -0.05) is 0 Å². The Hall–Kier alpha value is -3.23. The standard InChI is InChI=1S/C18H20FN7O/c1-10(19)14-5-11-6-15(21-8-13(11)18(20)22-14)23-16-7-12-3-4-25(2)17(27)9-26(12)24-16/h5-8,10H,3-4,9H2,1-2H3,(H2,20,22)(H,21,23,24). The van der Waals surface area contributed by atoms with Crippen molar-refractivity contribution in [2.24, 2.45) is 0 Å². The number of halogens is 1. The quantitative estimate of drug-likeness (QED) is 0.734. The Morgan fingerprint density at radius 1 is 1.30 bits per heavy atom. The molecule has 1 unspecified atom stereocenters. The normalized spacial score (nSPS) is 15.5. The summed E-state index contributed by atoms with van der Waals surface area (Å²) in [5.41, 5.74) is 7.18. The summed E-state index contributed by atoms with van der Waals surface area (Å²) in [5, 5.41) is 9.01. The average molecular weight is 369 g/mol. The number of amides is 1. The van der Waals surface area contributed by atoms with Crippen LogP contribution in [0.15, 0.2) is 24.4 Å². The Balaban J connectivity index is 1.63. The summed E-state index contributed by atoms with van der Waals surface area (Å²) < 4.78 is 15.3. The van der Waals surface area contributed by atoms with Gasteiger partial charge in [-0.05, 0) is 24.4 Å². The number of nitrogens with two attached hydrogens (primary N) is 1. The number of hydrogen-bond acceptors (Lipinski definition) is 6. The maximum atomic E-state index is 13.6. The maximum Gasteiger partial charge on any atom is 0.244 e. The fourth-order valence-electron chi connectivity index (χ4n) is 3.11. The SMILES string of the molecule is CC(F)c1cc2cc(Nc3cc4n(n3)CC(=O)N(C)CC4)ncc2c(N)n1. The molecule has 0 saturated heterocycles. The highest BCUT2D eigenvalue weighted by Gasteiger charge is 2.19. The van der Waals surface area contributed by atoms with Crippen LogP contribution in [0, 0.1) is 0 Å². The van der Waals surface area contributed by atoms with Crippen molar-refractivity contribution in [3.8, 4) is 0 Å². The van der Waals surface area contributed by atoms with Crippen molar-refractivity contribution >= 4 is 34.1 Å². The first-order chi connectivity index (χ1) is 12.9. The molecule has 1 aliphatic heterocycles. The van der Waals surface area contributed by atoms with E-state index in [-0.39, 0.29) is 24.0 Å². The van der Waals surface area contributed by atoms with Gasteiger partial charge in [-0.3, -0.25) is 9.48 Å². The van der Waals surface area contributed by atoms with Gasteiger partial charge in [-0.2, -0.15) is 5.10 Å². The van der Waals surface area contributed by atoms with Crippen LogP contribution in [0.25, 0.3) is 10.8 Å². The number of nitrogens with one attached hydrogen (secondary N) is 1. The van der Waals surface area contributed by atoms with Crippen molar-refractivity contribution < 1.29 is 9.18 Å². The van der Waals surface area contributed by atoms with E-state index in [0.717, 1.165) is 17.5 Å². The Morgan fingerprint density at radius 2 is 2.11 bits per heavy atom. The number of nitrogen functional groups attached to an aromatic ring is 1. The lowest BCUT2D eigenvalue weighted by Crippen LogP contribution is -2.29. The molecule has 0 aliphatic carbocycles. The number of carbonyl (C=O) groups excluding carboxylic acids is 1. The first kappa shape index (κ1) is 17.2. The molecular weight excluding hydrogens is 349 g/mol. The van der Waals surface area contributed by atoms with Crippen molar-refractivity contribution in [1.82, 2.24) is 24.6 Å². The van der Waals surface area contributed by atoms with Gasteiger partial charge in [-0.15, -0.1) is 0 Å². The zero-order valence-corrected chi connectivity index (χ0v) is 15.1. The lowest BCUT2D eigenvalue weighted by Gasteiger charge is -2.12. The summed E-state index contributed by atoms with van der Waals surface area (Å²) in [6, 6.07) is 5.36. The van der Waals surface area contributed by atoms with Gasteiger partial charge in [0.2, 0.25) is 5.91 Å². The van der Waals surface area contributed by atoms with Crippen molar-refractivity contribution in [2.75, 3.05) is 24.6 Å². The predicted octanol–water partition coefficient (Wildman–Crippen LogP) is 2.20. The second-order valence-electron chi connectivity index (χ2n) is 6.71. The molecule has 0 spiro atoms. The number of fused-ring (bicyclic) bond motifs is 2. The first-order valence-electron chi connectivity index (χ1n) is 8.68. The van der Waals surface area contributed by atoms with Gasteiger partial charge in [0.1, 0.15) is 24.4 Å². The molecule has 1 amide bonds. The van der Waals surface area contributed by atoms with E-state index in [1.54, 1.807) is 35.0 Å². The molecule has 4 heterocycles. The Bertz CT molecular complexity index is 1030. The zero-order chi connectivity index (χ0) is 19.1. The number of pyridine rings is 2. The summed E-state index contributed by atoms with van der Waals surface area (Å²) in [7, 11) is 1.79. The van der Waals surface area contributed by atoms with Crippen LogP contribution in [-0.4, -0.2) is 44.1 Å². The molecule has 1 aliphatic rings.